The van der Waals surface area contributed by atoms with Crippen molar-refractivity contribution in [2.24, 2.45) is 0 Å². The summed E-state index contributed by atoms with van der Waals surface area (Å²) in [5.41, 5.74) is 1.45. The Bertz CT molecular complexity index is 419. The Labute approximate surface area is 105 Å². The third-order valence-electron chi connectivity index (χ3n) is 3.40. The molecule has 1 heterocycles. The van der Waals surface area contributed by atoms with E-state index >= 15 is 0 Å². The summed E-state index contributed by atoms with van der Waals surface area (Å²) in [7, 11) is -2.16. The van der Waals surface area contributed by atoms with Crippen LogP contribution in [0, 0.1) is 0 Å². The van der Waals surface area contributed by atoms with Crippen molar-refractivity contribution in [1.82, 2.24) is 0 Å². The van der Waals surface area contributed by atoms with Crippen LogP contribution in [0.15, 0.2) is 29.2 Å². The number of hydrogen-bond donors (Lipinski definition) is 1. The molecule has 1 aromatic carbocycles. The van der Waals surface area contributed by atoms with E-state index in [1.807, 2.05) is 12.1 Å². The lowest BCUT2D eigenvalue weighted by Crippen LogP contribution is -2.32. The summed E-state index contributed by atoms with van der Waals surface area (Å²) < 4.78 is 18.0. The van der Waals surface area contributed by atoms with E-state index < -0.39 is 9.93 Å². The maximum Gasteiger partial charge on any atom is 0.0566 e. The number of ether oxygens (including phenoxy) is 1. The van der Waals surface area contributed by atoms with Gasteiger partial charge in [-0.05, 0) is 23.1 Å². The molecule has 0 aromatic heterocycles. The van der Waals surface area contributed by atoms with Crippen molar-refractivity contribution in [2.75, 3.05) is 24.7 Å². The molecular formula is C14H22O2S. The van der Waals surface area contributed by atoms with E-state index in [1.165, 1.54) is 5.56 Å². The predicted octanol–water partition coefficient (Wildman–Crippen LogP) is 2.39. The molecule has 1 fully saturated rings. The number of thiol groups is 1. The quantitative estimate of drug-likeness (QED) is 0.779. The highest BCUT2D eigenvalue weighted by molar-refractivity contribution is 8.03. The molecule has 0 bridgehead atoms. The van der Waals surface area contributed by atoms with Gasteiger partial charge in [0.25, 0.3) is 0 Å². The van der Waals surface area contributed by atoms with Gasteiger partial charge in [-0.2, -0.15) is 0 Å². The van der Waals surface area contributed by atoms with Gasteiger partial charge in [0.1, 0.15) is 0 Å². The summed E-state index contributed by atoms with van der Waals surface area (Å²) in [6.07, 6.45) is 0. The topological polar surface area (TPSA) is 26.3 Å². The lowest BCUT2D eigenvalue weighted by Gasteiger charge is -2.29. The van der Waals surface area contributed by atoms with Crippen LogP contribution in [0.3, 0.4) is 0 Å². The molecule has 1 saturated heterocycles. The van der Waals surface area contributed by atoms with E-state index in [9.17, 15) is 4.21 Å². The lowest BCUT2D eigenvalue weighted by atomic mass is 9.87. The minimum atomic E-state index is -2.16. The number of benzene rings is 1. The third-order valence-corrected chi connectivity index (χ3v) is 6.45. The Morgan fingerprint density at radius 2 is 1.59 bits per heavy atom. The van der Waals surface area contributed by atoms with E-state index in [0.717, 1.165) is 4.90 Å². The second kappa shape index (κ2) is 4.54. The van der Waals surface area contributed by atoms with Gasteiger partial charge in [0.05, 0.1) is 13.2 Å². The van der Waals surface area contributed by atoms with Crippen molar-refractivity contribution in [1.29, 1.82) is 0 Å². The lowest BCUT2D eigenvalue weighted by molar-refractivity contribution is 0.157. The summed E-state index contributed by atoms with van der Waals surface area (Å²) in [6.45, 7) is 7.85. The zero-order chi connectivity index (χ0) is 12.5. The third kappa shape index (κ3) is 2.78. The smallest absolute Gasteiger partial charge is 0.0566 e. The van der Waals surface area contributed by atoms with Gasteiger partial charge in [-0.25, -0.2) is 0 Å². The number of rotatable bonds is 1. The molecule has 2 nitrogen and oxygen atoms in total. The maximum atomic E-state index is 12.7. The average molecular weight is 254 g/mol. The Kier molecular flexibility index (Phi) is 3.41. The van der Waals surface area contributed by atoms with Gasteiger partial charge in [-0.3, -0.25) is 4.21 Å². The van der Waals surface area contributed by atoms with E-state index in [0.29, 0.717) is 24.7 Å². The number of hydrogen-bond acceptors (Lipinski definition) is 2. The molecule has 0 N–H and O–H groups in total. The van der Waals surface area contributed by atoms with E-state index in [-0.39, 0.29) is 5.41 Å². The molecule has 0 saturated carbocycles. The Balaban J connectivity index is 2.26. The first kappa shape index (κ1) is 12.8. The monoisotopic (exact) mass is 254 g/mol. The fraction of sp³-hybridized carbons (Fsp3) is 0.571. The van der Waals surface area contributed by atoms with Gasteiger partial charge in [-0.1, -0.05) is 42.8 Å². The summed E-state index contributed by atoms with van der Waals surface area (Å²) >= 11 is 0. The molecule has 3 heteroatoms. The second-order valence-corrected chi connectivity index (χ2v) is 8.94. The van der Waals surface area contributed by atoms with Crippen LogP contribution >= 0.6 is 0 Å². The molecule has 0 unspecified atom stereocenters. The molecular weight excluding hydrogens is 232 g/mol. The van der Waals surface area contributed by atoms with Crippen LogP contribution < -0.4 is 0 Å². The van der Waals surface area contributed by atoms with Crippen LogP contribution in [0.25, 0.3) is 0 Å². The molecule has 17 heavy (non-hydrogen) atoms. The average Bonchev–Trinajstić information content (AvgIpc) is 2.29. The van der Waals surface area contributed by atoms with Gasteiger partial charge in [0, 0.05) is 16.4 Å². The van der Waals surface area contributed by atoms with Crippen LogP contribution in [-0.2, 0) is 20.1 Å². The molecule has 1 aliphatic heterocycles. The van der Waals surface area contributed by atoms with Crippen LogP contribution in [0.2, 0.25) is 0 Å². The van der Waals surface area contributed by atoms with E-state index in [4.69, 9.17) is 4.74 Å². The van der Waals surface area contributed by atoms with Gasteiger partial charge in [0.2, 0.25) is 0 Å². The first-order valence-corrected chi connectivity index (χ1v) is 8.26. The largest absolute Gasteiger partial charge is 0.380 e. The molecule has 0 aliphatic carbocycles. The maximum absolute atomic E-state index is 12.7. The SMILES string of the molecule is CC(C)(C)c1ccc([SH]2(=O)CCOCC2)cc1. The van der Waals surface area contributed by atoms with Crippen molar-refractivity contribution >= 4 is 9.93 Å². The standard InChI is InChI=1S/C14H22O2S/c1-14(2,3)12-4-6-13(7-5-12)17(15)10-8-16-9-11-17/h4-7,17H,8-11H2,1-3H3. The zero-order valence-corrected chi connectivity index (χ0v) is 11.8. The van der Waals surface area contributed by atoms with Gasteiger partial charge in [0.15, 0.2) is 0 Å². The van der Waals surface area contributed by atoms with Gasteiger partial charge in [-0.15, -0.1) is 0 Å². The van der Waals surface area contributed by atoms with Gasteiger partial charge >= 0.3 is 0 Å². The summed E-state index contributed by atoms with van der Waals surface area (Å²) in [5.74, 6) is 1.39. The fourth-order valence-electron chi connectivity index (χ4n) is 2.13. The van der Waals surface area contributed by atoms with E-state index in [1.54, 1.807) is 0 Å². The molecule has 1 aromatic rings. The molecule has 0 radical (unpaired) electrons. The van der Waals surface area contributed by atoms with Crippen molar-refractivity contribution in [3.05, 3.63) is 29.8 Å². The molecule has 96 valence electrons. The Hall–Kier alpha value is -0.670. The van der Waals surface area contributed by atoms with Crippen LogP contribution in [0.4, 0.5) is 0 Å². The Morgan fingerprint density at radius 1 is 1.06 bits per heavy atom. The van der Waals surface area contributed by atoms with Crippen LogP contribution in [-0.4, -0.2) is 28.9 Å². The van der Waals surface area contributed by atoms with Gasteiger partial charge < -0.3 is 4.74 Å². The summed E-state index contributed by atoms with van der Waals surface area (Å²) in [4.78, 5) is 1.02. The first-order chi connectivity index (χ1) is 7.92. The minimum Gasteiger partial charge on any atom is -0.380 e. The fourth-order valence-corrected chi connectivity index (χ4v) is 4.41. The molecule has 2 rings (SSSR count). The summed E-state index contributed by atoms with van der Waals surface area (Å²) in [6, 6.07) is 8.33. The van der Waals surface area contributed by atoms with Crippen molar-refractivity contribution < 1.29 is 8.95 Å². The summed E-state index contributed by atoms with van der Waals surface area (Å²) in [5, 5.41) is 0. The Morgan fingerprint density at radius 3 is 2.06 bits per heavy atom. The van der Waals surface area contributed by atoms with Crippen LogP contribution in [0.1, 0.15) is 26.3 Å². The zero-order valence-electron chi connectivity index (χ0n) is 10.9. The molecule has 0 spiro atoms. The van der Waals surface area contributed by atoms with Crippen LogP contribution in [0.5, 0.6) is 0 Å². The van der Waals surface area contributed by atoms with Crippen molar-refractivity contribution in [3.8, 4) is 0 Å². The van der Waals surface area contributed by atoms with Crippen molar-refractivity contribution in [2.45, 2.75) is 31.1 Å². The minimum absolute atomic E-state index is 0.155. The second-order valence-electron chi connectivity index (χ2n) is 5.75. The molecule has 0 amide bonds. The highest BCUT2D eigenvalue weighted by Gasteiger charge is 2.22. The highest BCUT2D eigenvalue weighted by Crippen LogP contribution is 2.27. The highest BCUT2D eigenvalue weighted by atomic mass is 32.2. The first-order valence-electron chi connectivity index (χ1n) is 6.19. The normalized spacial score (nSPS) is 22.1. The van der Waals surface area contributed by atoms with Crippen molar-refractivity contribution in [3.63, 3.8) is 0 Å². The molecule has 0 atom stereocenters. The predicted molar refractivity (Wildman–Crippen MR) is 73.5 cm³/mol. The molecule has 1 aliphatic rings. The van der Waals surface area contributed by atoms with E-state index in [2.05, 4.69) is 32.9 Å².